The van der Waals surface area contributed by atoms with Gasteiger partial charge < -0.3 is 10.8 Å². The maximum atomic E-state index is 9.91. The van der Waals surface area contributed by atoms with E-state index in [9.17, 15) is 5.11 Å². The molecule has 12 heavy (non-hydrogen) atoms. The van der Waals surface area contributed by atoms with E-state index in [0.29, 0.717) is 11.8 Å². The molecule has 0 amide bonds. The van der Waals surface area contributed by atoms with Crippen LogP contribution in [0.1, 0.15) is 33.6 Å². The van der Waals surface area contributed by atoms with Gasteiger partial charge in [-0.1, -0.05) is 20.8 Å². The van der Waals surface area contributed by atoms with Crippen molar-refractivity contribution in [2.45, 2.75) is 44.5 Å². The van der Waals surface area contributed by atoms with Crippen LogP contribution in [-0.4, -0.2) is 28.3 Å². The predicted molar refractivity (Wildman–Crippen MR) is 56.5 cm³/mol. The van der Waals surface area contributed by atoms with Crippen LogP contribution in [0.15, 0.2) is 0 Å². The first kappa shape index (κ1) is 12.3. The second-order valence-corrected chi connectivity index (χ2v) is 4.72. The molecule has 3 heteroatoms. The number of thioether (sulfide) groups is 1. The Morgan fingerprint density at radius 1 is 1.42 bits per heavy atom. The summed E-state index contributed by atoms with van der Waals surface area (Å²) in [6.07, 6.45) is 1.65. The summed E-state index contributed by atoms with van der Waals surface area (Å²) in [6.45, 7) is 6.83. The molecule has 74 valence electrons. The Morgan fingerprint density at radius 2 is 1.92 bits per heavy atom. The van der Waals surface area contributed by atoms with Gasteiger partial charge >= 0.3 is 0 Å². The van der Waals surface area contributed by atoms with Gasteiger partial charge in [-0.2, -0.15) is 11.8 Å². The fourth-order valence-electron chi connectivity index (χ4n) is 0.820. The van der Waals surface area contributed by atoms with Crippen molar-refractivity contribution in [3.63, 3.8) is 0 Å². The lowest BCUT2D eigenvalue weighted by Gasteiger charge is -2.25. The van der Waals surface area contributed by atoms with E-state index < -0.39 is 5.60 Å². The molecule has 0 aromatic carbocycles. The lowest BCUT2D eigenvalue weighted by molar-refractivity contribution is 0.0571. The molecule has 0 fully saturated rings. The van der Waals surface area contributed by atoms with Crippen LogP contribution in [0.25, 0.3) is 0 Å². The molecule has 0 bridgehead atoms. The van der Waals surface area contributed by atoms with E-state index in [2.05, 4.69) is 6.92 Å². The fraction of sp³-hybridized carbons (Fsp3) is 1.00. The van der Waals surface area contributed by atoms with Gasteiger partial charge in [0, 0.05) is 17.5 Å². The zero-order valence-corrected chi connectivity index (χ0v) is 9.16. The molecule has 3 N–H and O–H groups in total. The van der Waals surface area contributed by atoms with E-state index in [1.807, 2.05) is 13.8 Å². The van der Waals surface area contributed by atoms with Crippen molar-refractivity contribution < 1.29 is 5.11 Å². The van der Waals surface area contributed by atoms with Gasteiger partial charge in [-0.3, -0.25) is 0 Å². The van der Waals surface area contributed by atoms with Crippen molar-refractivity contribution >= 4 is 11.8 Å². The molecule has 0 aliphatic rings. The standard InChI is InChI=1S/C9H21NOS/c1-4-9(11,5-2)7-12-8(3)6-10/h8,11H,4-7,10H2,1-3H3. The first-order chi connectivity index (χ1) is 5.58. The maximum Gasteiger partial charge on any atom is 0.0732 e. The Morgan fingerprint density at radius 3 is 2.25 bits per heavy atom. The lowest BCUT2D eigenvalue weighted by atomic mass is 10.0. The molecule has 0 rings (SSSR count). The smallest absolute Gasteiger partial charge is 0.0732 e. The van der Waals surface area contributed by atoms with Crippen LogP contribution in [0.3, 0.4) is 0 Å². The number of rotatable bonds is 6. The highest BCUT2D eigenvalue weighted by Crippen LogP contribution is 2.23. The predicted octanol–water partition coefficient (Wildman–Crippen LogP) is 1.62. The number of nitrogens with two attached hydrogens (primary N) is 1. The minimum atomic E-state index is -0.478. The summed E-state index contributed by atoms with van der Waals surface area (Å²) in [7, 11) is 0. The molecule has 0 heterocycles. The molecule has 0 saturated carbocycles. The van der Waals surface area contributed by atoms with E-state index in [-0.39, 0.29) is 0 Å². The SMILES string of the molecule is CCC(O)(CC)CSC(C)CN. The van der Waals surface area contributed by atoms with Gasteiger partial charge in [0.2, 0.25) is 0 Å². The number of hydrogen-bond acceptors (Lipinski definition) is 3. The Labute approximate surface area is 79.9 Å². The molecular weight excluding hydrogens is 170 g/mol. The van der Waals surface area contributed by atoms with Crippen molar-refractivity contribution in [2.24, 2.45) is 5.73 Å². The molecule has 0 spiro atoms. The zero-order valence-electron chi connectivity index (χ0n) is 8.34. The highest BCUT2D eigenvalue weighted by atomic mass is 32.2. The lowest BCUT2D eigenvalue weighted by Crippen LogP contribution is -2.31. The third-order valence-corrected chi connectivity index (χ3v) is 3.75. The van der Waals surface area contributed by atoms with Crippen LogP contribution in [-0.2, 0) is 0 Å². The van der Waals surface area contributed by atoms with Crippen molar-refractivity contribution in [1.82, 2.24) is 0 Å². The fourth-order valence-corrected chi connectivity index (χ4v) is 1.96. The monoisotopic (exact) mass is 191 g/mol. The summed E-state index contributed by atoms with van der Waals surface area (Å²) >= 11 is 1.76. The van der Waals surface area contributed by atoms with E-state index >= 15 is 0 Å². The Hall–Kier alpha value is 0.270. The summed E-state index contributed by atoms with van der Waals surface area (Å²) < 4.78 is 0. The van der Waals surface area contributed by atoms with Crippen LogP contribution in [0.5, 0.6) is 0 Å². The first-order valence-electron chi connectivity index (χ1n) is 4.62. The molecule has 2 nitrogen and oxygen atoms in total. The molecule has 0 saturated heterocycles. The zero-order chi connectivity index (χ0) is 9.61. The van der Waals surface area contributed by atoms with Gasteiger partial charge in [0.05, 0.1) is 5.60 Å². The van der Waals surface area contributed by atoms with E-state index in [1.54, 1.807) is 11.8 Å². The van der Waals surface area contributed by atoms with Crippen LogP contribution in [0.2, 0.25) is 0 Å². The van der Waals surface area contributed by atoms with E-state index in [4.69, 9.17) is 5.73 Å². The van der Waals surface area contributed by atoms with Gasteiger partial charge in [-0.25, -0.2) is 0 Å². The molecule has 1 unspecified atom stereocenters. The van der Waals surface area contributed by atoms with Crippen molar-refractivity contribution in [3.8, 4) is 0 Å². The van der Waals surface area contributed by atoms with Gasteiger partial charge in [0.1, 0.15) is 0 Å². The minimum Gasteiger partial charge on any atom is -0.389 e. The normalized spacial score (nSPS) is 14.8. The average molecular weight is 191 g/mol. The molecule has 0 aliphatic heterocycles. The van der Waals surface area contributed by atoms with Gasteiger partial charge in [0.25, 0.3) is 0 Å². The Kier molecular flexibility index (Phi) is 5.97. The van der Waals surface area contributed by atoms with Gasteiger partial charge in [0.15, 0.2) is 0 Å². The van der Waals surface area contributed by atoms with Crippen LogP contribution < -0.4 is 5.73 Å². The summed E-state index contributed by atoms with van der Waals surface area (Å²) in [5, 5.41) is 10.4. The van der Waals surface area contributed by atoms with Crippen molar-refractivity contribution in [2.75, 3.05) is 12.3 Å². The van der Waals surface area contributed by atoms with Crippen LogP contribution in [0.4, 0.5) is 0 Å². The highest BCUT2D eigenvalue weighted by Gasteiger charge is 2.22. The Bertz CT molecular complexity index is 115. The largest absolute Gasteiger partial charge is 0.389 e. The molecule has 0 aliphatic carbocycles. The molecule has 0 radical (unpaired) electrons. The average Bonchev–Trinajstić information content (AvgIpc) is 2.13. The van der Waals surface area contributed by atoms with E-state index in [0.717, 1.165) is 18.6 Å². The summed E-state index contributed by atoms with van der Waals surface area (Å²) in [6, 6.07) is 0. The molecule has 0 aromatic heterocycles. The van der Waals surface area contributed by atoms with Gasteiger partial charge in [-0.05, 0) is 12.8 Å². The first-order valence-corrected chi connectivity index (χ1v) is 5.67. The minimum absolute atomic E-state index is 0.453. The topological polar surface area (TPSA) is 46.2 Å². The third kappa shape index (κ3) is 4.33. The quantitative estimate of drug-likeness (QED) is 0.670. The van der Waals surface area contributed by atoms with E-state index in [1.165, 1.54) is 0 Å². The van der Waals surface area contributed by atoms with Crippen LogP contribution >= 0.6 is 11.8 Å². The number of hydrogen-bond donors (Lipinski definition) is 2. The maximum absolute atomic E-state index is 9.91. The van der Waals surface area contributed by atoms with Gasteiger partial charge in [-0.15, -0.1) is 0 Å². The highest BCUT2D eigenvalue weighted by molar-refractivity contribution is 7.99. The molecule has 0 aromatic rings. The number of aliphatic hydroxyl groups is 1. The molecular formula is C9H21NOS. The summed E-state index contributed by atoms with van der Waals surface area (Å²) in [4.78, 5) is 0. The summed E-state index contributed by atoms with van der Waals surface area (Å²) in [5.74, 6) is 0.804. The van der Waals surface area contributed by atoms with Crippen molar-refractivity contribution in [1.29, 1.82) is 0 Å². The Balaban J connectivity index is 3.72. The third-order valence-electron chi connectivity index (χ3n) is 2.28. The summed E-state index contributed by atoms with van der Waals surface area (Å²) in [5.41, 5.74) is 5.00. The van der Waals surface area contributed by atoms with Crippen LogP contribution in [0, 0.1) is 0 Å². The second-order valence-electron chi connectivity index (χ2n) is 3.29. The second kappa shape index (κ2) is 5.84. The van der Waals surface area contributed by atoms with Crippen molar-refractivity contribution in [3.05, 3.63) is 0 Å². The molecule has 1 atom stereocenters.